The first-order valence-electron chi connectivity index (χ1n) is 4.38. The Morgan fingerprint density at radius 1 is 1.43 bits per heavy atom. The number of nitrogens with one attached hydrogen (secondary N) is 1. The second kappa shape index (κ2) is 5.98. The zero-order valence-electron chi connectivity index (χ0n) is 8.74. The van der Waals surface area contributed by atoms with Crippen molar-refractivity contribution < 1.29 is 17.9 Å². The van der Waals surface area contributed by atoms with Crippen LogP contribution in [0.5, 0.6) is 0 Å². The highest BCUT2D eigenvalue weighted by Gasteiger charge is 2.16. The zero-order chi connectivity index (χ0) is 11.2. The molecule has 0 unspecified atom stereocenters. The first-order valence-corrected chi connectivity index (χ1v) is 6.20. The molecule has 0 aromatic heterocycles. The van der Waals surface area contributed by atoms with Crippen molar-refractivity contribution in [2.75, 3.05) is 25.2 Å². The third-order valence-corrected chi connectivity index (χ3v) is 3.03. The molecule has 14 heavy (non-hydrogen) atoms. The molecule has 0 rings (SSSR count). The lowest BCUT2D eigenvalue weighted by Gasteiger charge is -2.07. The van der Waals surface area contributed by atoms with Crippen molar-refractivity contribution in [2.24, 2.45) is 0 Å². The predicted molar refractivity (Wildman–Crippen MR) is 53.8 cm³/mol. The molecule has 0 radical (unpaired) electrons. The van der Waals surface area contributed by atoms with Gasteiger partial charge >= 0.3 is 5.97 Å². The Kier molecular flexibility index (Phi) is 5.71. The molecule has 0 fully saturated rings. The first kappa shape index (κ1) is 13.4. The summed E-state index contributed by atoms with van der Waals surface area (Å²) in [5.74, 6) is -1.29. The molecule has 0 aromatic carbocycles. The van der Waals surface area contributed by atoms with Gasteiger partial charge in [0.15, 0.2) is 9.84 Å². The van der Waals surface area contributed by atoms with Crippen LogP contribution < -0.4 is 5.32 Å². The predicted octanol–water partition coefficient (Wildman–Crippen LogP) is -0.428. The molecule has 0 bridgehead atoms. The summed E-state index contributed by atoms with van der Waals surface area (Å²) in [5.41, 5.74) is 0. The normalized spacial score (nSPS) is 11.7. The molecule has 0 aliphatic heterocycles. The lowest BCUT2D eigenvalue weighted by atomic mass is 10.4. The van der Waals surface area contributed by atoms with E-state index in [1.807, 2.05) is 13.8 Å². The van der Waals surface area contributed by atoms with Crippen LogP contribution in [-0.2, 0) is 19.4 Å². The minimum absolute atomic E-state index is 0.0414. The smallest absolute Gasteiger partial charge is 0.320 e. The second-order valence-corrected chi connectivity index (χ2v) is 5.46. The van der Waals surface area contributed by atoms with Gasteiger partial charge in [0.1, 0.15) is 5.75 Å². The summed E-state index contributed by atoms with van der Waals surface area (Å²) in [6, 6.07) is 0.239. The SMILES string of the molecule is COC(=O)CS(=O)(=O)CCNC(C)C. The van der Waals surface area contributed by atoms with Crippen LogP contribution in [0.25, 0.3) is 0 Å². The third kappa shape index (κ3) is 6.85. The second-order valence-electron chi connectivity index (χ2n) is 3.28. The van der Waals surface area contributed by atoms with Crippen molar-refractivity contribution in [3.63, 3.8) is 0 Å². The summed E-state index contributed by atoms with van der Waals surface area (Å²) in [7, 11) is -2.15. The van der Waals surface area contributed by atoms with Gasteiger partial charge in [-0.05, 0) is 0 Å². The summed E-state index contributed by atoms with van der Waals surface area (Å²) >= 11 is 0. The Labute approximate surface area is 84.7 Å². The van der Waals surface area contributed by atoms with E-state index in [0.29, 0.717) is 6.54 Å². The molecule has 6 heteroatoms. The molecule has 0 spiro atoms. The number of carbonyl (C=O) groups is 1. The van der Waals surface area contributed by atoms with Gasteiger partial charge in [0.25, 0.3) is 0 Å². The van der Waals surface area contributed by atoms with E-state index in [9.17, 15) is 13.2 Å². The van der Waals surface area contributed by atoms with Gasteiger partial charge in [-0.1, -0.05) is 13.8 Å². The van der Waals surface area contributed by atoms with Crippen LogP contribution >= 0.6 is 0 Å². The van der Waals surface area contributed by atoms with Crippen LogP contribution in [0.1, 0.15) is 13.8 Å². The maximum atomic E-state index is 11.2. The highest BCUT2D eigenvalue weighted by atomic mass is 32.2. The molecule has 0 aromatic rings. The quantitative estimate of drug-likeness (QED) is 0.619. The van der Waals surface area contributed by atoms with Gasteiger partial charge in [0, 0.05) is 12.6 Å². The monoisotopic (exact) mass is 223 g/mol. The number of hydrogen-bond donors (Lipinski definition) is 1. The van der Waals surface area contributed by atoms with Crippen molar-refractivity contribution in [1.82, 2.24) is 5.32 Å². The van der Waals surface area contributed by atoms with Gasteiger partial charge in [0.05, 0.1) is 12.9 Å². The van der Waals surface area contributed by atoms with E-state index in [0.717, 1.165) is 0 Å². The Morgan fingerprint density at radius 2 is 2.00 bits per heavy atom. The zero-order valence-corrected chi connectivity index (χ0v) is 9.56. The van der Waals surface area contributed by atoms with Crippen LogP contribution in [0.4, 0.5) is 0 Å². The van der Waals surface area contributed by atoms with Gasteiger partial charge < -0.3 is 10.1 Å². The number of ether oxygens (including phenoxy) is 1. The maximum Gasteiger partial charge on any atom is 0.320 e. The molecule has 0 atom stereocenters. The fourth-order valence-electron chi connectivity index (χ4n) is 0.814. The fraction of sp³-hybridized carbons (Fsp3) is 0.875. The Balaban J connectivity index is 3.91. The van der Waals surface area contributed by atoms with E-state index < -0.39 is 21.6 Å². The lowest BCUT2D eigenvalue weighted by molar-refractivity contribution is -0.137. The average Bonchev–Trinajstić information content (AvgIpc) is 2.02. The molecular formula is C8H17NO4S. The van der Waals surface area contributed by atoms with Crippen LogP contribution in [0, 0.1) is 0 Å². The summed E-state index contributed by atoms with van der Waals surface area (Å²) in [6.45, 7) is 4.21. The number of hydrogen-bond acceptors (Lipinski definition) is 5. The molecule has 0 aliphatic rings. The molecule has 0 amide bonds. The summed E-state index contributed by atoms with van der Waals surface area (Å²) in [6.07, 6.45) is 0. The standard InChI is InChI=1S/C8H17NO4S/c1-7(2)9-4-5-14(11,12)6-8(10)13-3/h7,9H,4-6H2,1-3H3. The van der Waals surface area contributed by atoms with Gasteiger partial charge in [-0.15, -0.1) is 0 Å². The largest absolute Gasteiger partial charge is 0.468 e. The average molecular weight is 223 g/mol. The van der Waals surface area contributed by atoms with Crippen molar-refractivity contribution >= 4 is 15.8 Å². The minimum atomic E-state index is -3.33. The topological polar surface area (TPSA) is 72.5 Å². The molecule has 0 heterocycles. The van der Waals surface area contributed by atoms with E-state index in [1.54, 1.807) is 0 Å². The number of methoxy groups -OCH3 is 1. The summed E-state index contributed by atoms with van der Waals surface area (Å²) in [4.78, 5) is 10.7. The Morgan fingerprint density at radius 3 is 2.43 bits per heavy atom. The van der Waals surface area contributed by atoms with Crippen molar-refractivity contribution in [3.8, 4) is 0 Å². The third-order valence-electron chi connectivity index (χ3n) is 1.53. The van der Waals surface area contributed by atoms with Crippen LogP contribution in [0.3, 0.4) is 0 Å². The Hall–Kier alpha value is -0.620. The van der Waals surface area contributed by atoms with Crippen molar-refractivity contribution in [2.45, 2.75) is 19.9 Å². The Bertz CT molecular complexity index is 271. The van der Waals surface area contributed by atoms with Crippen LogP contribution in [0.15, 0.2) is 0 Å². The van der Waals surface area contributed by atoms with Crippen molar-refractivity contribution in [1.29, 1.82) is 0 Å². The number of sulfone groups is 1. The van der Waals surface area contributed by atoms with Crippen LogP contribution in [-0.4, -0.2) is 45.6 Å². The molecular weight excluding hydrogens is 206 g/mol. The highest BCUT2D eigenvalue weighted by Crippen LogP contribution is 1.91. The van der Waals surface area contributed by atoms with E-state index in [1.165, 1.54) is 7.11 Å². The molecule has 0 aliphatic carbocycles. The van der Waals surface area contributed by atoms with E-state index in [-0.39, 0.29) is 11.8 Å². The van der Waals surface area contributed by atoms with E-state index in [4.69, 9.17) is 0 Å². The van der Waals surface area contributed by atoms with Gasteiger partial charge in [-0.25, -0.2) is 8.42 Å². The number of carbonyl (C=O) groups excluding carboxylic acids is 1. The first-order chi connectivity index (χ1) is 6.37. The number of esters is 1. The molecule has 0 saturated heterocycles. The van der Waals surface area contributed by atoms with Gasteiger partial charge in [0.2, 0.25) is 0 Å². The lowest BCUT2D eigenvalue weighted by Crippen LogP contribution is -2.31. The summed E-state index contributed by atoms with van der Waals surface area (Å²) < 4.78 is 26.8. The van der Waals surface area contributed by atoms with Crippen molar-refractivity contribution in [3.05, 3.63) is 0 Å². The maximum absolute atomic E-state index is 11.2. The van der Waals surface area contributed by atoms with Crippen LogP contribution in [0.2, 0.25) is 0 Å². The fourth-order valence-corrected chi connectivity index (χ4v) is 1.86. The van der Waals surface area contributed by atoms with E-state index >= 15 is 0 Å². The molecule has 84 valence electrons. The van der Waals surface area contributed by atoms with E-state index in [2.05, 4.69) is 10.1 Å². The molecule has 5 nitrogen and oxygen atoms in total. The molecule has 1 N–H and O–H groups in total. The number of rotatable bonds is 6. The summed E-state index contributed by atoms with van der Waals surface area (Å²) in [5, 5.41) is 2.96. The van der Waals surface area contributed by atoms with Gasteiger partial charge in [-0.2, -0.15) is 0 Å². The highest BCUT2D eigenvalue weighted by molar-refractivity contribution is 7.92. The van der Waals surface area contributed by atoms with Gasteiger partial charge in [-0.3, -0.25) is 4.79 Å². The molecule has 0 saturated carbocycles. The minimum Gasteiger partial charge on any atom is -0.468 e.